The molecular weight excluding hydrogens is 335 g/mol. The molecule has 0 saturated heterocycles. The molecule has 3 nitrogen and oxygen atoms in total. The van der Waals surface area contributed by atoms with Gasteiger partial charge in [0.15, 0.2) is 0 Å². The third kappa shape index (κ3) is 2.68. The maximum atomic E-state index is 13.2. The fraction of sp³-hybridized carbons (Fsp3) is 0.250. The van der Waals surface area contributed by atoms with Gasteiger partial charge in [-0.3, -0.25) is 4.79 Å². The predicted molar refractivity (Wildman–Crippen MR) is 98.3 cm³/mol. The zero-order valence-electron chi connectivity index (χ0n) is 14.2. The number of carbonyl (C=O) groups excluding carboxylic acids is 1. The number of benzene rings is 1. The highest BCUT2D eigenvalue weighted by molar-refractivity contribution is 7.10. The van der Waals surface area contributed by atoms with Crippen molar-refractivity contribution in [2.24, 2.45) is 7.05 Å². The molecule has 0 saturated carbocycles. The van der Waals surface area contributed by atoms with Gasteiger partial charge in [0.1, 0.15) is 11.5 Å². The van der Waals surface area contributed by atoms with Crippen LogP contribution in [0.1, 0.15) is 33.9 Å². The van der Waals surface area contributed by atoms with E-state index in [4.69, 9.17) is 0 Å². The van der Waals surface area contributed by atoms with E-state index in [1.54, 1.807) is 23.5 Å². The molecule has 2 aromatic heterocycles. The first-order valence-electron chi connectivity index (χ1n) is 8.35. The highest BCUT2D eigenvalue weighted by atomic mass is 32.1. The summed E-state index contributed by atoms with van der Waals surface area (Å²) in [4.78, 5) is 16.4. The third-order valence-corrected chi connectivity index (χ3v) is 6.02. The summed E-state index contributed by atoms with van der Waals surface area (Å²) in [5, 5.41) is 2.10. The van der Waals surface area contributed by atoms with Gasteiger partial charge in [0, 0.05) is 24.2 Å². The summed E-state index contributed by atoms with van der Waals surface area (Å²) in [7, 11) is 1.89. The number of aromatic nitrogens is 1. The predicted octanol–water partition coefficient (Wildman–Crippen LogP) is 4.65. The zero-order chi connectivity index (χ0) is 17.6. The molecule has 25 heavy (non-hydrogen) atoms. The van der Waals surface area contributed by atoms with E-state index in [2.05, 4.69) is 18.4 Å². The molecule has 128 valence electrons. The average molecular weight is 354 g/mol. The number of amides is 1. The molecule has 0 bridgehead atoms. The summed E-state index contributed by atoms with van der Waals surface area (Å²) < 4.78 is 15.0. The van der Waals surface area contributed by atoms with Crippen molar-refractivity contribution in [1.82, 2.24) is 9.47 Å². The molecule has 0 aliphatic carbocycles. The van der Waals surface area contributed by atoms with Gasteiger partial charge < -0.3 is 9.47 Å². The van der Waals surface area contributed by atoms with E-state index in [1.165, 1.54) is 22.6 Å². The Morgan fingerprint density at radius 1 is 1.16 bits per heavy atom. The van der Waals surface area contributed by atoms with Crippen LogP contribution in [0.15, 0.2) is 47.8 Å². The Bertz CT molecular complexity index is 926. The number of hydrogen-bond donors (Lipinski definition) is 0. The van der Waals surface area contributed by atoms with Crippen LogP contribution in [-0.2, 0) is 13.5 Å². The van der Waals surface area contributed by atoms with Crippen LogP contribution in [0.5, 0.6) is 0 Å². The number of halogens is 1. The summed E-state index contributed by atoms with van der Waals surface area (Å²) in [6.45, 7) is 2.83. The molecule has 0 fully saturated rings. The van der Waals surface area contributed by atoms with Crippen molar-refractivity contribution < 1.29 is 9.18 Å². The molecule has 1 aliphatic heterocycles. The fourth-order valence-electron chi connectivity index (χ4n) is 3.57. The van der Waals surface area contributed by atoms with Crippen molar-refractivity contribution in [3.8, 4) is 11.3 Å². The van der Waals surface area contributed by atoms with E-state index in [9.17, 15) is 9.18 Å². The van der Waals surface area contributed by atoms with Crippen LogP contribution < -0.4 is 0 Å². The van der Waals surface area contributed by atoms with E-state index >= 15 is 0 Å². The average Bonchev–Trinajstić information content (AvgIpc) is 3.23. The standard InChI is InChI=1S/C20H19FN2OS/c1-13-16-10-12-25-19(16)9-11-23(13)20(24)18-8-7-17(22(18)2)14-3-5-15(21)6-4-14/h3-8,10,12-13H,9,11H2,1-2H3. The maximum Gasteiger partial charge on any atom is 0.270 e. The lowest BCUT2D eigenvalue weighted by molar-refractivity contribution is 0.0669. The minimum atomic E-state index is -0.261. The van der Waals surface area contributed by atoms with Crippen LogP contribution in [0.4, 0.5) is 4.39 Å². The number of hydrogen-bond acceptors (Lipinski definition) is 2. The van der Waals surface area contributed by atoms with Crippen LogP contribution in [0.2, 0.25) is 0 Å². The molecule has 5 heteroatoms. The van der Waals surface area contributed by atoms with Crippen LogP contribution >= 0.6 is 11.3 Å². The Morgan fingerprint density at radius 2 is 1.92 bits per heavy atom. The second-order valence-electron chi connectivity index (χ2n) is 6.39. The quantitative estimate of drug-likeness (QED) is 0.657. The summed E-state index contributed by atoms with van der Waals surface area (Å²) in [6, 6.07) is 12.3. The molecular formula is C20H19FN2OS. The van der Waals surface area contributed by atoms with E-state index < -0.39 is 0 Å². The minimum Gasteiger partial charge on any atom is -0.340 e. The monoisotopic (exact) mass is 354 g/mol. The normalized spacial score (nSPS) is 16.8. The largest absolute Gasteiger partial charge is 0.340 e. The lowest BCUT2D eigenvalue weighted by Gasteiger charge is -2.33. The van der Waals surface area contributed by atoms with E-state index in [-0.39, 0.29) is 17.8 Å². The Balaban J connectivity index is 1.65. The molecule has 1 unspecified atom stereocenters. The Hall–Kier alpha value is -2.40. The SMILES string of the molecule is CC1c2ccsc2CCN1C(=O)c1ccc(-c2ccc(F)cc2)n1C. The van der Waals surface area contributed by atoms with Crippen molar-refractivity contribution in [3.05, 3.63) is 69.8 Å². The van der Waals surface area contributed by atoms with Gasteiger partial charge in [-0.05, 0) is 72.3 Å². The second-order valence-corrected chi connectivity index (χ2v) is 7.39. The molecule has 0 spiro atoms. The molecule has 4 rings (SSSR count). The van der Waals surface area contributed by atoms with Crippen LogP contribution in [-0.4, -0.2) is 21.9 Å². The van der Waals surface area contributed by atoms with Crippen LogP contribution in [0.25, 0.3) is 11.3 Å². The van der Waals surface area contributed by atoms with Gasteiger partial charge in [-0.15, -0.1) is 11.3 Å². The van der Waals surface area contributed by atoms with Gasteiger partial charge in [0.2, 0.25) is 0 Å². The number of carbonyl (C=O) groups is 1. The van der Waals surface area contributed by atoms with Crippen LogP contribution in [0.3, 0.4) is 0 Å². The lowest BCUT2D eigenvalue weighted by atomic mass is 10.0. The molecule has 1 amide bonds. The highest BCUT2D eigenvalue weighted by Gasteiger charge is 2.30. The number of thiophene rings is 1. The van der Waals surface area contributed by atoms with E-state index in [0.29, 0.717) is 5.69 Å². The first kappa shape index (κ1) is 16.1. The molecule has 1 aromatic carbocycles. The zero-order valence-corrected chi connectivity index (χ0v) is 15.0. The van der Waals surface area contributed by atoms with E-state index in [1.807, 2.05) is 28.6 Å². The van der Waals surface area contributed by atoms with Crippen molar-refractivity contribution in [1.29, 1.82) is 0 Å². The highest BCUT2D eigenvalue weighted by Crippen LogP contribution is 2.34. The first-order chi connectivity index (χ1) is 12.1. The minimum absolute atomic E-state index is 0.0419. The molecule has 1 aliphatic rings. The Kier molecular flexibility index (Phi) is 3.96. The van der Waals surface area contributed by atoms with Crippen molar-refractivity contribution in [2.45, 2.75) is 19.4 Å². The Morgan fingerprint density at radius 3 is 2.68 bits per heavy atom. The van der Waals surface area contributed by atoms with Gasteiger partial charge in [-0.2, -0.15) is 0 Å². The van der Waals surface area contributed by atoms with Gasteiger partial charge >= 0.3 is 0 Å². The van der Waals surface area contributed by atoms with Gasteiger partial charge in [0.25, 0.3) is 5.91 Å². The maximum absolute atomic E-state index is 13.2. The van der Waals surface area contributed by atoms with E-state index in [0.717, 1.165) is 24.2 Å². The summed E-state index contributed by atoms with van der Waals surface area (Å²) >= 11 is 1.77. The first-order valence-corrected chi connectivity index (χ1v) is 9.23. The van der Waals surface area contributed by atoms with Crippen LogP contribution in [0, 0.1) is 5.82 Å². The number of nitrogens with zero attached hydrogens (tertiary/aromatic N) is 2. The number of rotatable bonds is 2. The molecule has 3 aromatic rings. The van der Waals surface area contributed by atoms with Gasteiger partial charge in [0.05, 0.1) is 6.04 Å². The smallest absolute Gasteiger partial charge is 0.270 e. The summed E-state index contributed by atoms with van der Waals surface area (Å²) in [5.41, 5.74) is 3.72. The van der Waals surface area contributed by atoms with Gasteiger partial charge in [-0.25, -0.2) is 4.39 Å². The molecule has 3 heterocycles. The molecule has 0 N–H and O–H groups in total. The third-order valence-electron chi connectivity index (χ3n) is 5.02. The Labute approximate surface area is 150 Å². The molecule has 1 atom stereocenters. The van der Waals surface area contributed by atoms with Crippen molar-refractivity contribution in [3.63, 3.8) is 0 Å². The summed E-state index contributed by atoms with van der Waals surface area (Å²) in [5.74, 6) is -0.219. The number of fused-ring (bicyclic) bond motifs is 1. The second kappa shape index (κ2) is 6.15. The summed E-state index contributed by atoms with van der Waals surface area (Å²) in [6.07, 6.45) is 0.915. The topological polar surface area (TPSA) is 25.2 Å². The van der Waals surface area contributed by atoms with Crippen molar-refractivity contribution >= 4 is 17.2 Å². The lowest BCUT2D eigenvalue weighted by Crippen LogP contribution is -2.39. The van der Waals surface area contributed by atoms with Gasteiger partial charge in [-0.1, -0.05) is 0 Å². The fourth-order valence-corrected chi connectivity index (χ4v) is 4.53. The molecule has 0 radical (unpaired) electrons. The van der Waals surface area contributed by atoms with Crippen molar-refractivity contribution in [2.75, 3.05) is 6.54 Å².